The normalized spacial score (nSPS) is 22.8. The maximum atomic E-state index is 16.4. The van der Waals surface area contributed by atoms with Gasteiger partial charge in [0.2, 0.25) is 8.41 Å². The number of aryl methyl sites for hydroxylation is 1. The summed E-state index contributed by atoms with van der Waals surface area (Å²) in [6.45, 7) is 7.14. The maximum Gasteiger partial charge on any atom is 0.264 e. The van der Waals surface area contributed by atoms with Crippen LogP contribution in [0, 0.1) is 5.92 Å². The molecule has 0 radical (unpaired) electrons. The van der Waals surface area contributed by atoms with Crippen molar-refractivity contribution in [3.05, 3.63) is 101 Å². The number of fused-ring (bicyclic) bond motifs is 2. The van der Waals surface area contributed by atoms with Crippen molar-refractivity contribution in [1.82, 2.24) is 15.0 Å². The molecule has 3 aromatic carbocycles. The number of carbonyl (C=O) groups excluding carboxylic acids is 2. The van der Waals surface area contributed by atoms with Gasteiger partial charge >= 0.3 is 0 Å². The van der Waals surface area contributed by atoms with Crippen molar-refractivity contribution in [2.45, 2.75) is 75.7 Å². The van der Waals surface area contributed by atoms with Gasteiger partial charge in [0.1, 0.15) is 11.9 Å². The molecular weight excluding hydrogens is 658 g/mol. The quantitative estimate of drug-likeness (QED) is 0.136. The standard InChI is InChI=1S/C37H44FN5O6Si/c1-23-34(50(4,5)38)33(17-18-42-21-31(40-41-42)29(22-44)26-9-7-6-8-10-26)49-37(23)30-19-28(48-3)15-16-32(30)43(36(37)47)20-25-11-13-27(14-12-25)39-35(46)24(2)45/h6-16,19,21,23-24,29,33-34,44-45H,17-18,20,22H2,1-5H3,(H,39,46)/t23-,24+,29?,33+,34-,37+/m1/s1. The molecule has 2 amide bonds. The molecule has 1 unspecified atom stereocenters. The fourth-order valence-electron chi connectivity index (χ4n) is 7.60. The topological polar surface area (TPSA) is 139 Å². The van der Waals surface area contributed by atoms with E-state index in [0.29, 0.717) is 41.3 Å². The van der Waals surface area contributed by atoms with Crippen molar-refractivity contribution < 1.29 is 33.4 Å². The van der Waals surface area contributed by atoms with E-state index in [4.69, 9.17) is 9.47 Å². The SMILES string of the molecule is COc1ccc2c(c1)[C@]1(O[C@@H](CCn3cc(C(CO)c4ccccc4)nn3)[C@H]([Si](C)(C)F)[C@H]1C)C(=O)N2Cc1ccc(NC(=O)[C@H](C)O)cc1. The number of amides is 2. The summed E-state index contributed by atoms with van der Waals surface area (Å²) in [5.74, 6) is -1.02. The van der Waals surface area contributed by atoms with E-state index in [1.165, 1.54) is 6.92 Å². The summed E-state index contributed by atoms with van der Waals surface area (Å²) in [6, 6.07) is 22.2. The Morgan fingerprint density at radius 1 is 1.14 bits per heavy atom. The first kappa shape index (κ1) is 35.4. The van der Waals surface area contributed by atoms with E-state index < -0.39 is 43.6 Å². The van der Waals surface area contributed by atoms with E-state index in [0.717, 1.165) is 11.1 Å². The number of aliphatic hydroxyl groups excluding tert-OH is 2. The number of carbonyl (C=O) groups is 2. The predicted molar refractivity (Wildman–Crippen MR) is 189 cm³/mol. The fourth-order valence-corrected chi connectivity index (χ4v) is 10.1. The van der Waals surface area contributed by atoms with Gasteiger partial charge in [-0.15, -0.1) is 5.10 Å². The van der Waals surface area contributed by atoms with E-state index in [2.05, 4.69) is 15.6 Å². The lowest BCUT2D eigenvalue weighted by atomic mass is 9.82. The van der Waals surface area contributed by atoms with Crippen LogP contribution in [-0.2, 0) is 33.0 Å². The Balaban J connectivity index is 1.28. The lowest BCUT2D eigenvalue weighted by molar-refractivity contribution is -0.146. The van der Waals surface area contributed by atoms with Crippen LogP contribution in [0.15, 0.2) is 79.0 Å². The number of nitrogens with one attached hydrogen (secondary N) is 1. The number of aliphatic hydroxyl groups is 2. The van der Waals surface area contributed by atoms with Gasteiger partial charge in [-0.05, 0) is 67.9 Å². The Kier molecular flexibility index (Phi) is 9.95. The summed E-state index contributed by atoms with van der Waals surface area (Å²) in [5, 5.41) is 31.0. The van der Waals surface area contributed by atoms with Crippen molar-refractivity contribution in [2.75, 3.05) is 23.9 Å². The smallest absolute Gasteiger partial charge is 0.264 e. The summed E-state index contributed by atoms with van der Waals surface area (Å²) < 4.78 is 30.5. The molecule has 1 aromatic heterocycles. The number of rotatable bonds is 12. The number of benzene rings is 3. The minimum Gasteiger partial charge on any atom is -0.497 e. The highest BCUT2D eigenvalue weighted by Crippen LogP contribution is 2.60. The number of methoxy groups -OCH3 is 1. The first-order valence-corrected chi connectivity index (χ1v) is 19.8. The summed E-state index contributed by atoms with van der Waals surface area (Å²) in [6.07, 6.45) is 0.485. The molecule has 4 aromatic rings. The van der Waals surface area contributed by atoms with Crippen LogP contribution in [0.2, 0.25) is 18.6 Å². The molecule has 6 atom stereocenters. The van der Waals surface area contributed by atoms with Crippen LogP contribution >= 0.6 is 0 Å². The van der Waals surface area contributed by atoms with Gasteiger partial charge in [-0.3, -0.25) is 14.3 Å². The summed E-state index contributed by atoms with van der Waals surface area (Å²) >= 11 is 0. The third-order valence-corrected chi connectivity index (χ3v) is 12.5. The average molecular weight is 702 g/mol. The Hall–Kier alpha value is -4.43. The third kappa shape index (κ3) is 6.58. The highest BCUT2D eigenvalue weighted by atomic mass is 28.4. The number of anilines is 2. The van der Waals surface area contributed by atoms with E-state index >= 15 is 4.11 Å². The van der Waals surface area contributed by atoms with Crippen LogP contribution in [0.4, 0.5) is 15.5 Å². The Morgan fingerprint density at radius 3 is 2.50 bits per heavy atom. The molecule has 2 aliphatic heterocycles. The zero-order chi connectivity index (χ0) is 35.8. The number of hydrogen-bond donors (Lipinski definition) is 3. The van der Waals surface area contributed by atoms with Crippen LogP contribution in [0.25, 0.3) is 0 Å². The Morgan fingerprint density at radius 2 is 1.86 bits per heavy atom. The first-order chi connectivity index (χ1) is 23.9. The van der Waals surface area contributed by atoms with Crippen molar-refractivity contribution in [3.8, 4) is 5.75 Å². The Bertz CT molecular complexity index is 1830. The highest BCUT2D eigenvalue weighted by molar-refractivity contribution is 6.72. The maximum absolute atomic E-state index is 16.4. The molecule has 1 saturated heterocycles. The minimum atomic E-state index is -3.40. The fraction of sp³-hybridized carbons (Fsp3) is 0.405. The van der Waals surface area contributed by atoms with Gasteiger partial charge in [-0.2, -0.15) is 0 Å². The zero-order valence-corrected chi connectivity index (χ0v) is 29.9. The molecule has 1 fully saturated rings. The van der Waals surface area contributed by atoms with E-state index in [-0.39, 0.29) is 25.0 Å². The summed E-state index contributed by atoms with van der Waals surface area (Å²) in [7, 11) is -1.84. The molecule has 50 heavy (non-hydrogen) atoms. The molecule has 3 heterocycles. The summed E-state index contributed by atoms with van der Waals surface area (Å²) in [5.41, 5.74) is 2.29. The van der Waals surface area contributed by atoms with Gasteiger partial charge in [-0.1, -0.05) is 54.6 Å². The predicted octanol–water partition coefficient (Wildman–Crippen LogP) is 5.14. The second-order valence-electron chi connectivity index (χ2n) is 13.7. The highest BCUT2D eigenvalue weighted by Gasteiger charge is 2.66. The zero-order valence-electron chi connectivity index (χ0n) is 28.9. The number of aromatic nitrogens is 3. The second-order valence-corrected chi connectivity index (χ2v) is 17.5. The number of nitrogens with zero attached hydrogens (tertiary/aromatic N) is 4. The van der Waals surface area contributed by atoms with E-state index in [1.54, 1.807) is 54.2 Å². The molecule has 1 spiro atoms. The molecule has 3 N–H and O–H groups in total. The molecule has 0 bridgehead atoms. The lowest BCUT2D eigenvalue weighted by Gasteiger charge is -2.31. The van der Waals surface area contributed by atoms with Crippen molar-refractivity contribution >= 4 is 31.6 Å². The van der Waals surface area contributed by atoms with Gasteiger partial charge in [0.15, 0.2) is 5.60 Å². The third-order valence-electron chi connectivity index (χ3n) is 10.1. The van der Waals surface area contributed by atoms with Crippen molar-refractivity contribution in [3.63, 3.8) is 0 Å². The van der Waals surface area contributed by atoms with Gasteiger partial charge in [-0.25, -0.2) is 0 Å². The molecule has 11 nitrogen and oxygen atoms in total. The molecule has 6 rings (SSSR count). The second kappa shape index (κ2) is 14.1. The molecular formula is C37H44FN5O6Si. The van der Waals surface area contributed by atoms with Gasteiger partial charge < -0.3 is 34.0 Å². The van der Waals surface area contributed by atoms with Crippen LogP contribution in [0.5, 0.6) is 5.75 Å². The lowest BCUT2D eigenvalue weighted by Crippen LogP contribution is -2.45. The van der Waals surface area contributed by atoms with Gasteiger partial charge in [0.25, 0.3) is 11.8 Å². The van der Waals surface area contributed by atoms with Gasteiger partial charge in [0, 0.05) is 35.5 Å². The summed E-state index contributed by atoms with van der Waals surface area (Å²) in [4.78, 5) is 28.4. The van der Waals surface area contributed by atoms with Crippen LogP contribution in [-0.4, -0.2) is 71.4 Å². The van der Waals surface area contributed by atoms with Crippen molar-refractivity contribution in [2.24, 2.45) is 5.92 Å². The van der Waals surface area contributed by atoms with Crippen molar-refractivity contribution in [1.29, 1.82) is 0 Å². The van der Waals surface area contributed by atoms with Crippen LogP contribution in [0.3, 0.4) is 0 Å². The Labute approximate surface area is 292 Å². The number of ether oxygens (including phenoxy) is 2. The molecule has 13 heteroatoms. The number of halogens is 1. The molecule has 264 valence electrons. The minimum absolute atomic E-state index is 0.122. The van der Waals surface area contributed by atoms with Crippen LogP contribution < -0.4 is 15.0 Å². The average Bonchev–Trinajstić information content (AvgIpc) is 3.75. The van der Waals surface area contributed by atoms with Gasteiger partial charge in [0.05, 0.1) is 43.7 Å². The first-order valence-electron chi connectivity index (χ1n) is 16.9. The molecule has 0 saturated carbocycles. The van der Waals surface area contributed by atoms with E-state index in [9.17, 15) is 19.8 Å². The monoisotopic (exact) mass is 701 g/mol. The molecule has 0 aliphatic carbocycles. The number of hydrogen-bond acceptors (Lipinski definition) is 8. The van der Waals surface area contributed by atoms with Crippen LogP contribution in [0.1, 0.15) is 48.6 Å². The van der Waals surface area contributed by atoms with E-state index in [1.807, 2.05) is 61.5 Å². The largest absolute Gasteiger partial charge is 0.497 e. The molecule has 2 aliphatic rings.